The van der Waals surface area contributed by atoms with Gasteiger partial charge in [0.05, 0.1) is 24.0 Å². The van der Waals surface area contributed by atoms with Crippen molar-refractivity contribution < 1.29 is 0 Å². The molecule has 0 atom stereocenters. The first kappa shape index (κ1) is 15.9. The first-order valence-electron chi connectivity index (χ1n) is 7.83. The minimum atomic E-state index is 0.582. The molecular weight excluding hydrogens is 427 g/mol. The van der Waals surface area contributed by atoms with Crippen LogP contribution in [0.15, 0.2) is 60.8 Å². The molecule has 0 aliphatic carbocycles. The second-order valence-electron chi connectivity index (χ2n) is 5.73. The average molecular weight is 442 g/mol. The number of nitrogens with zero attached hydrogens (tertiary/aromatic N) is 6. The van der Waals surface area contributed by atoms with Crippen LogP contribution in [0, 0.1) is 10.6 Å². The molecule has 2 aromatic carbocycles. The molecular formula is C18H15IN6. The summed E-state index contributed by atoms with van der Waals surface area (Å²) in [5, 5.41) is 17.3. The van der Waals surface area contributed by atoms with Gasteiger partial charge in [-0.2, -0.15) is 9.90 Å². The normalized spacial score (nSPS) is 11.0. The van der Waals surface area contributed by atoms with Crippen molar-refractivity contribution in [1.82, 2.24) is 30.0 Å². The smallest absolute Gasteiger partial charge is 0.209 e. The highest BCUT2D eigenvalue weighted by molar-refractivity contribution is 14.1. The van der Waals surface area contributed by atoms with E-state index >= 15 is 0 Å². The number of hydrogen-bond donors (Lipinski definition) is 0. The molecule has 25 heavy (non-hydrogen) atoms. The Morgan fingerprint density at radius 2 is 1.76 bits per heavy atom. The third-order valence-electron chi connectivity index (χ3n) is 3.85. The Morgan fingerprint density at radius 3 is 2.52 bits per heavy atom. The van der Waals surface area contributed by atoms with Gasteiger partial charge in [0.1, 0.15) is 3.70 Å². The van der Waals surface area contributed by atoms with Gasteiger partial charge in [0.2, 0.25) is 5.82 Å². The van der Waals surface area contributed by atoms with Gasteiger partial charge in [-0.15, -0.1) is 10.2 Å². The van der Waals surface area contributed by atoms with E-state index in [4.69, 9.17) is 0 Å². The summed E-state index contributed by atoms with van der Waals surface area (Å²) in [6, 6.07) is 18.3. The Kier molecular flexibility index (Phi) is 4.31. The van der Waals surface area contributed by atoms with Crippen LogP contribution in [0.5, 0.6) is 0 Å². The molecule has 124 valence electrons. The highest BCUT2D eigenvalue weighted by atomic mass is 127. The maximum atomic E-state index is 4.49. The fourth-order valence-electron chi connectivity index (χ4n) is 2.51. The maximum absolute atomic E-state index is 4.49. The third kappa shape index (κ3) is 3.32. The Bertz CT molecular complexity index is 988. The summed E-state index contributed by atoms with van der Waals surface area (Å²) in [7, 11) is 0. The van der Waals surface area contributed by atoms with E-state index < -0.39 is 0 Å². The predicted octanol–water partition coefficient (Wildman–Crippen LogP) is 3.49. The van der Waals surface area contributed by atoms with Crippen molar-refractivity contribution in [1.29, 1.82) is 0 Å². The molecule has 4 rings (SSSR count). The maximum Gasteiger partial charge on any atom is 0.209 e. The van der Waals surface area contributed by atoms with Gasteiger partial charge in [0, 0.05) is 0 Å². The monoisotopic (exact) mass is 442 g/mol. The van der Waals surface area contributed by atoms with E-state index in [0.717, 1.165) is 20.5 Å². The Hall–Kier alpha value is -2.55. The molecule has 0 saturated heterocycles. The summed E-state index contributed by atoms with van der Waals surface area (Å²) in [6.07, 6.45) is 1.78. The summed E-state index contributed by atoms with van der Waals surface area (Å²) >= 11 is 2.27. The highest BCUT2D eigenvalue weighted by Gasteiger charge is 2.16. The molecule has 4 aromatic rings. The Balaban J connectivity index is 1.62. The van der Waals surface area contributed by atoms with Gasteiger partial charge < -0.3 is 0 Å². The molecule has 0 unspecified atom stereocenters. The van der Waals surface area contributed by atoms with Crippen molar-refractivity contribution in [2.75, 3.05) is 0 Å². The summed E-state index contributed by atoms with van der Waals surface area (Å²) in [5.41, 5.74) is 4.24. The van der Waals surface area contributed by atoms with Crippen molar-refractivity contribution in [3.05, 3.63) is 75.6 Å². The SMILES string of the molecule is Cc1ccc(-n2ncc(-c3nnn(Cc4ccccc4)n3)c2I)cc1. The molecule has 0 radical (unpaired) electrons. The number of aromatic nitrogens is 6. The second-order valence-corrected chi connectivity index (χ2v) is 6.75. The zero-order valence-corrected chi connectivity index (χ0v) is 15.7. The lowest BCUT2D eigenvalue weighted by molar-refractivity contribution is 0.573. The fourth-order valence-corrected chi connectivity index (χ4v) is 3.30. The van der Waals surface area contributed by atoms with E-state index in [-0.39, 0.29) is 0 Å². The van der Waals surface area contributed by atoms with Gasteiger partial charge in [-0.3, -0.25) is 0 Å². The highest BCUT2D eigenvalue weighted by Crippen LogP contribution is 2.24. The van der Waals surface area contributed by atoms with Crippen molar-refractivity contribution in [2.24, 2.45) is 0 Å². The lowest BCUT2D eigenvalue weighted by atomic mass is 10.2. The van der Waals surface area contributed by atoms with Crippen LogP contribution in [-0.4, -0.2) is 30.0 Å². The van der Waals surface area contributed by atoms with Crippen LogP contribution in [-0.2, 0) is 6.54 Å². The lowest BCUT2D eigenvalue weighted by Crippen LogP contribution is -2.03. The van der Waals surface area contributed by atoms with Crippen LogP contribution in [0.2, 0.25) is 0 Å². The van der Waals surface area contributed by atoms with Crippen molar-refractivity contribution in [3.8, 4) is 17.1 Å². The summed E-state index contributed by atoms with van der Waals surface area (Å²) < 4.78 is 2.84. The minimum absolute atomic E-state index is 0.582. The van der Waals surface area contributed by atoms with Gasteiger partial charge in [-0.1, -0.05) is 48.0 Å². The topological polar surface area (TPSA) is 61.4 Å². The van der Waals surface area contributed by atoms with Crippen LogP contribution in [0.3, 0.4) is 0 Å². The standard InChI is InChI=1S/C18H15IN6/c1-13-7-9-15(10-8-13)25-17(19)16(11-20-25)18-21-23-24(22-18)12-14-5-3-2-4-6-14/h2-11H,12H2,1H3. The number of halogens is 1. The number of hydrogen-bond acceptors (Lipinski definition) is 4. The average Bonchev–Trinajstić information content (AvgIpc) is 3.23. The van der Waals surface area contributed by atoms with Crippen molar-refractivity contribution in [3.63, 3.8) is 0 Å². The molecule has 0 amide bonds. The molecule has 0 aliphatic heterocycles. The molecule has 2 heterocycles. The first-order valence-corrected chi connectivity index (χ1v) is 8.91. The van der Waals surface area contributed by atoms with Crippen LogP contribution < -0.4 is 0 Å². The molecule has 0 bridgehead atoms. The lowest BCUT2D eigenvalue weighted by Gasteiger charge is -2.03. The molecule has 0 fully saturated rings. The quantitative estimate of drug-likeness (QED) is 0.454. The summed E-state index contributed by atoms with van der Waals surface area (Å²) in [4.78, 5) is 1.60. The van der Waals surface area contributed by atoms with Gasteiger partial charge in [-0.05, 0) is 52.4 Å². The number of rotatable bonds is 4. The predicted molar refractivity (Wildman–Crippen MR) is 103 cm³/mol. The van der Waals surface area contributed by atoms with E-state index in [1.165, 1.54) is 5.56 Å². The molecule has 0 saturated carbocycles. The van der Waals surface area contributed by atoms with Gasteiger partial charge in [0.25, 0.3) is 0 Å². The zero-order chi connectivity index (χ0) is 17.2. The van der Waals surface area contributed by atoms with Crippen LogP contribution in [0.4, 0.5) is 0 Å². The molecule has 0 aliphatic rings. The van der Waals surface area contributed by atoms with E-state index in [1.54, 1.807) is 11.0 Å². The molecule has 7 heteroatoms. The molecule has 0 spiro atoms. The molecule has 0 N–H and O–H groups in total. The number of benzene rings is 2. The van der Waals surface area contributed by atoms with Crippen LogP contribution >= 0.6 is 22.6 Å². The van der Waals surface area contributed by atoms with Gasteiger partial charge in [-0.25, -0.2) is 4.68 Å². The van der Waals surface area contributed by atoms with E-state index in [9.17, 15) is 0 Å². The number of tetrazole rings is 1. The van der Waals surface area contributed by atoms with Crippen LogP contribution in [0.25, 0.3) is 17.1 Å². The molecule has 2 aromatic heterocycles. The number of aryl methyl sites for hydroxylation is 1. The zero-order valence-electron chi connectivity index (χ0n) is 13.5. The van der Waals surface area contributed by atoms with Crippen LogP contribution in [0.1, 0.15) is 11.1 Å². The molecule has 6 nitrogen and oxygen atoms in total. The second kappa shape index (κ2) is 6.75. The van der Waals surface area contributed by atoms with E-state index in [0.29, 0.717) is 12.4 Å². The Morgan fingerprint density at radius 1 is 1.00 bits per heavy atom. The van der Waals surface area contributed by atoms with E-state index in [2.05, 4.69) is 62.2 Å². The summed E-state index contributed by atoms with van der Waals surface area (Å²) in [6.45, 7) is 2.66. The minimum Gasteiger partial charge on any atom is -0.227 e. The third-order valence-corrected chi connectivity index (χ3v) is 4.89. The largest absolute Gasteiger partial charge is 0.227 e. The summed E-state index contributed by atoms with van der Waals surface area (Å²) in [5.74, 6) is 0.582. The first-order chi connectivity index (χ1) is 12.2. The van der Waals surface area contributed by atoms with Gasteiger partial charge in [0.15, 0.2) is 0 Å². The van der Waals surface area contributed by atoms with Gasteiger partial charge >= 0.3 is 0 Å². The van der Waals surface area contributed by atoms with Crippen molar-refractivity contribution in [2.45, 2.75) is 13.5 Å². The van der Waals surface area contributed by atoms with E-state index in [1.807, 2.05) is 47.1 Å². The fraction of sp³-hybridized carbons (Fsp3) is 0.111. The Labute approximate surface area is 158 Å². The van der Waals surface area contributed by atoms with Crippen molar-refractivity contribution >= 4 is 22.6 Å².